The molecule has 3 rings (SSSR count). The molecule has 1 aliphatic heterocycles. The zero-order valence-electron chi connectivity index (χ0n) is 12.5. The molecule has 0 aliphatic carbocycles. The van der Waals surface area contributed by atoms with E-state index in [4.69, 9.17) is 0 Å². The highest BCUT2D eigenvalue weighted by atomic mass is 15.0. The van der Waals surface area contributed by atoms with Crippen LogP contribution < -0.4 is 10.6 Å². The first-order valence-corrected chi connectivity index (χ1v) is 7.75. The smallest absolute Gasteiger partial charge is 0.0570 e. The third-order valence-electron chi connectivity index (χ3n) is 4.28. The zero-order valence-corrected chi connectivity index (χ0v) is 12.5. The number of aryl methyl sites for hydroxylation is 1. The molecule has 0 amide bonds. The molecule has 3 nitrogen and oxygen atoms in total. The molecule has 2 N–H and O–H groups in total. The Labute approximate surface area is 126 Å². The van der Waals surface area contributed by atoms with Crippen molar-refractivity contribution in [3.05, 3.63) is 65.5 Å². The van der Waals surface area contributed by atoms with Crippen LogP contribution in [0.1, 0.15) is 35.7 Å². The first-order chi connectivity index (χ1) is 10.3. The minimum atomic E-state index is 0.460. The van der Waals surface area contributed by atoms with Crippen molar-refractivity contribution in [2.24, 2.45) is 0 Å². The van der Waals surface area contributed by atoms with Gasteiger partial charge in [-0.2, -0.15) is 0 Å². The largest absolute Gasteiger partial charge is 0.310 e. The number of hydrogen-bond donors (Lipinski definition) is 2. The predicted molar refractivity (Wildman–Crippen MR) is 86.0 cm³/mol. The number of benzene rings is 1. The van der Waals surface area contributed by atoms with E-state index in [0.29, 0.717) is 12.1 Å². The fourth-order valence-corrected chi connectivity index (χ4v) is 2.99. The Morgan fingerprint density at radius 1 is 1.19 bits per heavy atom. The lowest BCUT2D eigenvalue weighted by Crippen LogP contribution is -2.41. The Balaban J connectivity index is 1.58. The summed E-state index contributed by atoms with van der Waals surface area (Å²) in [4.78, 5) is 4.46. The summed E-state index contributed by atoms with van der Waals surface area (Å²) >= 11 is 0. The van der Waals surface area contributed by atoms with Gasteiger partial charge in [-0.15, -0.1) is 0 Å². The van der Waals surface area contributed by atoms with Crippen molar-refractivity contribution in [1.29, 1.82) is 0 Å². The minimum absolute atomic E-state index is 0.460. The van der Waals surface area contributed by atoms with Gasteiger partial charge in [0.2, 0.25) is 0 Å². The summed E-state index contributed by atoms with van der Waals surface area (Å²) in [7, 11) is 0. The maximum atomic E-state index is 4.46. The zero-order chi connectivity index (χ0) is 14.5. The van der Waals surface area contributed by atoms with E-state index in [2.05, 4.69) is 58.9 Å². The van der Waals surface area contributed by atoms with Gasteiger partial charge in [-0.05, 0) is 43.5 Å². The molecule has 0 spiro atoms. The van der Waals surface area contributed by atoms with Gasteiger partial charge in [0.25, 0.3) is 0 Å². The van der Waals surface area contributed by atoms with Gasteiger partial charge in [-0.3, -0.25) is 4.98 Å². The van der Waals surface area contributed by atoms with Crippen molar-refractivity contribution in [3.63, 3.8) is 0 Å². The fraction of sp³-hybridized carbons (Fsp3) is 0.389. The summed E-state index contributed by atoms with van der Waals surface area (Å²) in [5.74, 6) is 0. The molecule has 1 aromatic heterocycles. The van der Waals surface area contributed by atoms with Gasteiger partial charge in [0.15, 0.2) is 0 Å². The van der Waals surface area contributed by atoms with E-state index in [1.54, 1.807) is 0 Å². The standard InChI is InChI=1S/C18H23N3/c1-14-6-5-10-19-18(14)13-21-16-9-11-20-17(12-16)15-7-3-2-4-8-15/h2-8,10,16-17,20-21H,9,11-13H2,1H3. The van der Waals surface area contributed by atoms with E-state index >= 15 is 0 Å². The van der Waals surface area contributed by atoms with Gasteiger partial charge in [-0.25, -0.2) is 0 Å². The van der Waals surface area contributed by atoms with Crippen LogP contribution in [-0.2, 0) is 6.54 Å². The summed E-state index contributed by atoms with van der Waals surface area (Å²) in [6, 6.07) is 15.9. The molecule has 1 fully saturated rings. The molecule has 2 atom stereocenters. The lowest BCUT2D eigenvalue weighted by atomic mass is 9.94. The van der Waals surface area contributed by atoms with E-state index in [-0.39, 0.29) is 0 Å². The number of nitrogens with zero attached hydrogens (tertiary/aromatic N) is 1. The summed E-state index contributed by atoms with van der Waals surface area (Å²) in [5.41, 5.74) is 3.81. The summed E-state index contributed by atoms with van der Waals surface area (Å²) in [5, 5.41) is 7.30. The number of hydrogen-bond acceptors (Lipinski definition) is 3. The number of pyridine rings is 1. The Bertz CT molecular complexity index is 568. The third-order valence-corrected chi connectivity index (χ3v) is 4.28. The molecule has 0 radical (unpaired) electrons. The van der Waals surface area contributed by atoms with E-state index in [9.17, 15) is 0 Å². The first-order valence-electron chi connectivity index (χ1n) is 7.75. The normalized spacial score (nSPS) is 22.1. The van der Waals surface area contributed by atoms with E-state index < -0.39 is 0 Å². The molecule has 0 bridgehead atoms. The number of aromatic nitrogens is 1. The average molecular weight is 281 g/mol. The lowest BCUT2D eigenvalue weighted by Gasteiger charge is -2.31. The second-order valence-corrected chi connectivity index (χ2v) is 5.79. The molecule has 21 heavy (non-hydrogen) atoms. The Kier molecular flexibility index (Phi) is 4.63. The molecule has 3 heteroatoms. The van der Waals surface area contributed by atoms with Gasteiger partial charge in [0.1, 0.15) is 0 Å². The second kappa shape index (κ2) is 6.83. The van der Waals surface area contributed by atoms with Crippen molar-refractivity contribution >= 4 is 0 Å². The molecular formula is C18H23N3. The highest BCUT2D eigenvalue weighted by Crippen LogP contribution is 2.23. The Hall–Kier alpha value is -1.71. The van der Waals surface area contributed by atoms with Crippen LogP contribution in [0.3, 0.4) is 0 Å². The highest BCUT2D eigenvalue weighted by Gasteiger charge is 2.22. The van der Waals surface area contributed by atoms with Crippen LogP contribution in [0.2, 0.25) is 0 Å². The lowest BCUT2D eigenvalue weighted by molar-refractivity contribution is 0.321. The molecule has 1 saturated heterocycles. The molecule has 2 aromatic rings. The highest BCUT2D eigenvalue weighted by molar-refractivity contribution is 5.20. The minimum Gasteiger partial charge on any atom is -0.310 e. The summed E-state index contributed by atoms with van der Waals surface area (Å²) in [6.07, 6.45) is 4.18. The van der Waals surface area contributed by atoms with Crippen LogP contribution in [0.15, 0.2) is 48.7 Å². The van der Waals surface area contributed by atoms with E-state index in [1.807, 2.05) is 12.3 Å². The van der Waals surface area contributed by atoms with Crippen LogP contribution in [0.4, 0.5) is 0 Å². The predicted octanol–water partition coefficient (Wildman–Crippen LogP) is 2.97. The van der Waals surface area contributed by atoms with Gasteiger partial charge in [0, 0.05) is 24.8 Å². The number of nitrogens with one attached hydrogen (secondary N) is 2. The Morgan fingerprint density at radius 2 is 2.05 bits per heavy atom. The van der Waals surface area contributed by atoms with Crippen molar-refractivity contribution in [2.75, 3.05) is 6.54 Å². The quantitative estimate of drug-likeness (QED) is 0.904. The average Bonchev–Trinajstić information content (AvgIpc) is 2.55. The summed E-state index contributed by atoms with van der Waals surface area (Å²) < 4.78 is 0. The van der Waals surface area contributed by atoms with Crippen LogP contribution >= 0.6 is 0 Å². The fourth-order valence-electron chi connectivity index (χ4n) is 2.99. The van der Waals surface area contributed by atoms with Crippen LogP contribution in [-0.4, -0.2) is 17.6 Å². The van der Waals surface area contributed by atoms with Gasteiger partial charge < -0.3 is 10.6 Å². The van der Waals surface area contributed by atoms with E-state index in [0.717, 1.165) is 25.2 Å². The van der Waals surface area contributed by atoms with Crippen molar-refractivity contribution in [3.8, 4) is 0 Å². The van der Waals surface area contributed by atoms with Crippen molar-refractivity contribution in [1.82, 2.24) is 15.6 Å². The topological polar surface area (TPSA) is 37.0 Å². The molecule has 110 valence electrons. The maximum Gasteiger partial charge on any atom is 0.0570 e. The van der Waals surface area contributed by atoms with E-state index in [1.165, 1.54) is 17.5 Å². The molecule has 1 aliphatic rings. The molecule has 2 heterocycles. The second-order valence-electron chi connectivity index (χ2n) is 5.79. The SMILES string of the molecule is Cc1cccnc1CNC1CCNC(c2ccccc2)C1. The third kappa shape index (κ3) is 3.69. The molecule has 2 unspecified atom stereocenters. The molecule has 1 aromatic carbocycles. The number of rotatable bonds is 4. The van der Waals surface area contributed by atoms with Gasteiger partial charge in [0.05, 0.1) is 5.69 Å². The van der Waals surface area contributed by atoms with Crippen LogP contribution in [0, 0.1) is 6.92 Å². The van der Waals surface area contributed by atoms with Gasteiger partial charge in [-0.1, -0.05) is 36.4 Å². The monoisotopic (exact) mass is 281 g/mol. The van der Waals surface area contributed by atoms with Gasteiger partial charge >= 0.3 is 0 Å². The molecule has 0 saturated carbocycles. The summed E-state index contributed by atoms with van der Waals surface area (Å²) in [6.45, 7) is 4.05. The number of piperidine rings is 1. The first kappa shape index (κ1) is 14.2. The Morgan fingerprint density at radius 3 is 2.86 bits per heavy atom. The molecular weight excluding hydrogens is 258 g/mol. The van der Waals surface area contributed by atoms with Crippen LogP contribution in [0.25, 0.3) is 0 Å². The maximum absolute atomic E-state index is 4.46. The van der Waals surface area contributed by atoms with Crippen LogP contribution in [0.5, 0.6) is 0 Å². The van der Waals surface area contributed by atoms with Crippen molar-refractivity contribution in [2.45, 2.75) is 38.4 Å². The van der Waals surface area contributed by atoms with Crippen molar-refractivity contribution < 1.29 is 0 Å².